The van der Waals surface area contributed by atoms with Crippen LogP contribution in [-0.4, -0.2) is 24.6 Å². The van der Waals surface area contributed by atoms with Crippen molar-refractivity contribution in [2.45, 2.75) is 52.0 Å². The molecule has 0 fully saturated rings. The van der Waals surface area contributed by atoms with Crippen LogP contribution in [0.5, 0.6) is 5.75 Å². The third-order valence-electron chi connectivity index (χ3n) is 4.05. The average molecular weight is 292 g/mol. The van der Waals surface area contributed by atoms with Gasteiger partial charge in [0.15, 0.2) is 0 Å². The largest absolute Gasteiger partial charge is 0.493 e. The molecule has 1 amide bonds. The van der Waals surface area contributed by atoms with E-state index in [0.29, 0.717) is 26.0 Å². The van der Waals surface area contributed by atoms with Gasteiger partial charge in [-0.15, -0.1) is 0 Å². The van der Waals surface area contributed by atoms with Gasteiger partial charge in [-0.05, 0) is 37.8 Å². The normalized spacial score (nSPS) is 11.2. The minimum Gasteiger partial charge on any atom is -0.493 e. The van der Waals surface area contributed by atoms with Crippen LogP contribution in [0.2, 0.25) is 0 Å². The van der Waals surface area contributed by atoms with Gasteiger partial charge in [0.05, 0.1) is 12.1 Å². The Labute approximate surface area is 128 Å². The van der Waals surface area contributed by atoms with Crippen molar-refractivity contribution >= 4 is 5.91 Å². The SMILES string of the molecule is CCC(CC)(CN)NC(=O)CCCOc1ccccc1C. The number of nitrogens with one attached hydrogen (secondary N) is 1. The Kier molecular flexibility index (Phi) is 7.23. The molecule has 3 N–H and O–H groups in total. The molecule has 118 valence electrons. The average Bonchev–Trinajstić information content (AvgIpc) is 2.51. The van der Waals surface area contributed by atoms with Crippen molar-refractivity contribution in [2.24, 2.45) is 5.73 Å². The fourth-order valence-electron chi connectivity index (χ4n) is 2.26. The molecule has 0 saturated carbocycles. The van der Waals surface area contributed by atoms with E-state index in [1.54, 1.807) is 0 Å². The number of hydrogen-bond donors (Lipinski definition) is 2. The van der Waals surface area contributed by atoms with Crippen LogP contribution >= 0.6 is 0 Å². The van der Waals surface area contributed by atoms with Crippen molar-refractivity contribution in [2.75, 3.05) is 13.2 Å². The summed E-state index contributed by atoms with van der Waals surface area (Å²) >= 11 is 0. The summed E-state index contributed by atoms with van der Waals surface area (Å²) in [5.74, 6) is 0.939. The van der Waals surface area contributed by atoms with Crippen LogP contribution in [0, 0.1) is 6.92 Å². The van der Waals surface area contributed by atoms with Gasteiger partial charge < -0.3 is 15.8 Å². The number of nitrogens with two attached hydrogens (primary N) is 1. The van der Waals surface area contributed by atoms with Crippen LogP contribution in [0.4, 0.5) is 0 Å². The second kappa shape index (κ2) is 8.67. The fraction of sp³-hybridized carbons (Fsp3) is 0.588. The molecule has 0 heterocycles. The Hall–Kier alpha value is -1.55. The number of ether oxygens (including phenoxy) is 1. The maximum atomic E-state index is 12.0. The van der Waals surface area contributed by atoms with Crippen LogP contribution in [0.3, 0.4) is 0 Å². The molecule has 0 aromatic heterocycles. The molecule has 0 bridgehead atoms. The lowest BCUT2D eigenvalue weighted by molar-refractivity contribution is -0.123. The van der Waals surface area contributed by atoms with Gasteiger partial charge in [0.2, 0.25) is 5.91 Å². The topological polar surface area (TPSA) is 64.3 Å². The Morgan fingerprint density at radius 2 is 1.95 bits per heavy atom. The molecule has 0 aliphatic heterocycles. The van der Waals surface area contributed by atoms with Crippen molar-refractivity contribution < 1.29 is 9.53 Å². The Bertz CT molecular complexity index is 434. The molecule has 1 rings (SSSR count). The molecule has 1 aromatic rings. The summed E-state index contributed by atoms with van der Waals surface area (Å²) in [5, 5.41) is 3.07. The summed E-state index contributed by atoms with van der Waals surface area (Å²) in [6.45, 7) is 7.15. The fourth-order valence-corrected chi connectivity index (χ4v) is 2.26. The number of amides is 1. The van der Waals surface area contributed by atoms with Crippen molar-refractivity contribution in [3.05, 3.63) is 29.8 Å². The zero-order valence-electron chi connectivity index (χ0n) is 13.4. The first-order chi connectivity index (χ1) is 10.1. The number of aryl methyl sites for hydroxylation is 1. The van der Waals surface area contributed by atoms with E-state index >= 15 is 0 Å². The third-order valence-corrected chi connectivity index (χ3v) is 4.05. The molecule has 21 heavy (non-hydrogen) atoms. The van der Waals surface area contributed by atoms with Crippen LogP contribution in [0.25, 0.3) is 0 Å². The molecule has 1 aromatic carbocycles. The summed E-state index contributed by atoms with van der Waals surface area (Å²) in [6, 6.07) is 7.90. The minimum atomic E-state index is -0.256. The second-order valence-electron chi connectivity index (χ2n) is 5.46. The minimum absolute atomic E-state index is 0.0533. The second-order valence-corrected chi connectivity index (χ2v) is 5.46. The van der Waals surface area contributed by atoms with Gasteiger partial charge in [0, 0.05) is 13.0 Å². The maximum absolute atomic E-state index is 12.0. The van der Waals surface area contributed by atoms with E-state index in [4.69, 9.17) is 10.5 Å². The van der Waals surface area contributed by atoms with Gasteiger partial charge in [-0.3, -0.25) is 4.79 Å². The van der Waals surface area contributed by atoms with Crippen molar-refractivity contribution in [1.29, 1.82) is 0 Å². The van der Waals surface area contributed by atoms with E-state index in [1.165, 1.54) is 0 Å². The van der Waals surface area contributed by atoms with Gasteiger partial charge in [-0.2, -0.15) is 0 Å². The number of hydrogen-bond acceptors (Lipinski definition) is 3. The van der Waals surface area contributed by atoms with Gasteiger partial charge in [-0.25, -0.2) is 0 Å². The van der Waals surface area contributed by atoms with Crippen LogP contribution in [-0.2, 0) is 4.79 Å². The Morgan fingerprint density at radius 1 is 1.29 bits per heavy atom. The van der Waals surface area contributed by atoms with E-state index < -0.39 is 0 Å². The molecule has 0 spiro atoms. The van der Waals surface area contributed by atoms with Crippen molar-refractivity contribution in [1.82, 2.24) is 5.32 Å². The zero-order valence-corrected chi connectivity index (χ0v) is 13.4. The first kappa shape index (κ1) is 17.5. The molecule has 0 radical (unpaired) electrons. The summed E-state index contributed by atoms with van der Waals surface area (Å²) in [5.41, 5.74) is 6.64. The van der Waals surface area contributed by atoms with E-state index in [-0.39, 0.29) is 11.4 Å². The van der Waals surface area contributed by atoms with E-state index in [0.717, 1.165) is 24.2 Å². The Balaban J connectivity index is 2.32. The number of carbonyl (C=O) groups is 1. The summed E-state index contributed by atoms with van der Waals surface area (Å²) in [7, 11) is 0. The highest BCUT2D eigenvalue weighted by molar-refractivity contribution is 5.76. The van der Waals surface area contributed by atoms with Gasteiger partial charge in [0.1, 0.15) is 5.75 Å². The van der Waals surface area contributed by atoms with E-state index in [1.807, 2.05) is 31.2 Å². The van der Waals surface area contributed by atoms with Crippen molar-refractivity contribution in [3.63, 3.8) is 0 Å². The molecule has 0 aliphatic rings. The predicted octanol–water partition coefficient (Wildman–Crippen LogP) is 2.79. The molecular weight excluding hydrogens is 264 g/mol. The highest BCUT2D eigenvalue weighted by atomic mass is 16.5. The van der Waals surface area contributed by atoms with Gasteiger partial charge in [0.25, 0.3) is 0 Å². The summed E-state index contributed by atoms with van der Waals surface area (Å²) < 4.78 is 5.69. The number of para-hydroxylation sites is 1. The van der Waals surface area contributed by atoms with Gasteiger partial charge >= 0.3 is 0 Å². The lowest BCUT2D eigenvalue weighted by Gasteiger charge is -2.31. The highest BCUT2D eigenvalue weighted by Crippen LogP contribution is 2.17. The first-order valence-electron chi connectivity index (χ1n) is 7.76. The van der Waals surface area contributed by atoms with Crippen molar-refractivity contribution in [3.8, 4) is 5.75 Å². The molecule has 4 heteroatoms. The zero-order chi connectivity index (χ0) is 15.7. The third kappa shape index (κ3) is 5.38. The van der Waals surface area contributed by atoms with E-state index in [2.05, 4.69) is 19.2 Å². The van der Waals surface area contributed by atoms with Crippen LogP contribution in [0.15, 0.2) is 24.3 Å². The first-order valence-corrected chi connectivity index (χ1v) is 7.76. The highest BCUT2D eigenvalue weighted by Gasteiger charge is 2.25. The number of rotatable bonds is 9. The summed E-state index contributed by atoms with van der Waals surface area (Å²) in [4.78, 5) is 12.0. The molecular formula is C17H28N2O2. The standard InChI is InChI=1S/C17H28N2O2/c1-4-17(5-2,13-18)19-16(20)11-8-12-21-15-10-7-6-9-14(15)3/h6-7,9-10H,4-5,8,11-13,18H2,1-3H3,(H,19,20). The molecule has 0 atom stereocenters. The number of carbonyl (C=O) groups excluding carboxylic acids is 1. The molecule has 0 unspecified atom stereocenters. The number of benzene rings is 1. The van der Waals surface area contributed by atoms with E-state index in [9.17, 15) is 4.79 Å². The predicted molar refractivity (Wildman–Crippen MR) is 86.4 cm³/mol. The quantitative estimate of drug-likeness (QED) is 0.688. The lowest BCUT2D eigenvalue weighted by Crippen LogP contribution is -2.52. The maximum Gasteiger partial charge on any atom is 0.220 e. The van der Waals surface area contributed by atoms with Gasteiger partial charge in [-0.1, -0.05) is 32.0 Å². The smallest absolute Gasteiger partial charge is 0.220 e. The monoisotopic (exact) mass is 292 g/mol. The lowest BCUT2D eigenvalue weighted by atomic mass is 9.92. The van der Waals surface area contributed by atoms with Crippen LogP contribution in [0.1, 0.15) is 45.1 Å². The van der Waals surface area contributed by atoms with Crippen LogP contribution < -0.4 is 15.8 Å². The Morgan fingerprint density at radius 3 is 2.52 bits per heavy atom. The summed E-state index contributed by atoms with van der Waals surface area (Å²) in [6.07, 6.45) is 2.87. The molecule has 0 aliphatic carbocycles. The molecule has 4 nitrogen and oxygen atoms in total. The molecule has 0 saturated heterocycles.